The monoisotopic (exact) mass is 174 g/mol. The minimum Gasteiger partial charge on any atom is -0.388 e. The molecule has 0 saturated heterocycles. The van der Waals surface area contributed by atoms with E-state index in [0.29, 0.717) is 0 Å². The van der Waals surface area contributed by atoms with Crippen molar-refractivity contribution in [3.8, 4) is 0 Å². The average Bonchev–Trinajstić information content (AvgIpc) is 2.12. The molecule has 1 aliphatic carbocycles. The molecule has 2 atom stereocenters. The molecule has 0 fully saturated rings. The smallest absolute Gasteiger partial charge is 0.0855 e. The molecule has 68 valence electrons. The lowest BCUT2D eigenvalue weighted by Gasteiger charge is -2.23. The molecule has 1 N–H and O–H groups in total. The van der Waals surface area contributed by atoms with Gasteiger partial charge in [0.15, 0.2) is 0 Å². The highest BCUT2D eigenvalue weighted by molar-refractivity contribution is 5.61. The van der Waals surface area contributed by atoms with E-state index in [0.717, 1.165) is 5.56 Å². The van der Waals surface area contributed by atoms with Gasteiger partial charge in [0, 0.05) is 5.92 Å². The van der Waals surface area contributed by atoms with Gasteiger partial charge in [-0.2, -0.15) is 0 Å². The van der Waals surface area contributed by atoms with Crippen molar-refractivity contribution in [3.63, 3.8) is 0 Å². The normalized spacial score (nSPS) is 25.8. The highest BCUT2D eigenvalue weighted by Gasteiger charge is 2.20. The Morgan fingerprint density at radius 1 is 1.31 bits per heavy atom. The van der Waals surface area contributed by atoms with Crippen molar-refractivity contribution in [1.82, 2.24) is 0 Å². The molecule has 0 spiro atoms. The van der Waals surface area contributed by atoms with Gasteiger partial charge in [-0.1, -0.05) is 37.3 Å². The highest BCUT2D eigenvalue weighted by Crippen LogP contribution is 2.33. The zero-order valence-electron chi connectivity index (χ0n) is 7.99. The number of hydrogen-bond acceptors (Lipinski definition) is 1. The van der Waals surface area contributed by atoms with E-state index < -0.39 is 0 Å². The average molecular weight is 174 g/mol. The third kappa shape index (κ3) is 1.29. The molecule has 0 bridgehead atoms. The van der Waals surface area contributed by atoms with Crippen molar-refractivity contribution in [2.45, 2.75) is 20.0 Å². The first-order valence-electron chi connectivity index (χ1n) is 4.66. The van der Waals surface area contributed by atoms with Crippen LogP contribution < -0.4 is 0 Å². The summed E-state index contributed by atoms with van der Waals surface area (Å²) in [6, 6.07) is 6.09. The van der Waals surface area contributed by atoms with E-state index in [9.17, 15) is 5.11 Å². The van der Waals surface area contributed by atoms with E-state index in [1.54, 1.807) is 0 Å². The zero-order chi connectivity index (χ0) is 9.42. The Hall–Kier alpha value is -1.08. The standard InChI is InChI=1S/C12H14O/c1-8-4-3-5-11-10(8)7-6-9(2)12(11)13/h3-7,9,12-13H,1-2H3/t9-,12-/m1/s1. The Kier molecular flexibility index (Phi) is 1.97. The molecule has 0 radical (unpaired) electrons. The van der Waals surface area contributed by atoms with Crippen molar-refractivity contribution in [2.75, 3.05) is 0 Å². The highest BCUT2D eigenvalue weighted by atomic mass is 16.3. The predicted octanol–water partition coefficient (Wildman–Crippen LogP) is 2.69. The fourth-order valence-electron chi connectivity index (χ4n) is 1.83. The maximum absolute atomic E-state index is 9.90. The molecule has 0 aliphatic heterocycles. The van der Waals surface area contributed by atoms with Crippen LogP contribution in [0.4, 0.5) is 0 Å². The second-order valence-electron chi connectivity index (χ2n) is 3.74. The van der Waals surface area contributed by atoms with Crippen LogP contribution in [0.1, 0.15) is 29.7 Å². The van der Waals surface area contributed by atoms with E-state index in [4.69, 9.17) is 0 Å². The molecule has 1 aromatic rings. The van der Waals surface area contributed by atoms with E-state index >= 15 is 0 Å². The first-order chi connectivity index (χ1) is 6.20. The fourth-order valence-corrected chi connectivity index (χ4v) is 1.83. The van der Waals surface area contributed by atoms with Gasteiger partial charge in [-0.3, -0.25) is 0 Å². The summed E-state index contributed by atoms with van der Waals surface area (Å²) >= 11 is 0. The van der Waals surface area contributed by atoms with Crippen molar-refractivity contribution in [2.24, 2.45) is 5.92 Å². The molecule has 1 nitrogen and oxygen atoms in total. The Morgan fingerprint density at radius 2 is 2.08 bits per heavy atom. The molecule has 0 heterocycles. The number of benzene rings is 1. The maximum atomic E-state index is 9.90. The van der Waals surface area contributed by atoms with Crippen molar-refractivity contribution >= 4 is 6.08 Å². The van der Waals surface area contributed by atoms with E-state index in [1.807, 2.05) is 19.1 Å². The van der Waals surface area contributed by atoms with Gasteiger partial charge >= 0.3 is 0 Å². The van der Waals surface area contributed by atoms with Gasteiger partial charge in [-0.15, -0.1) is 0 Å². The molecule has 0 saturated carbocycles. The molecular weight excluding hydrogens is 160 g/mol. The third-order valence-electron chi connectivity index (χ3n) is 2.74. The topological polar surface area (TPSA) is 20.2 Å². The Labute approximate surface area is 78.7 Å². The van der Waals surface area contributed by atoms with Crippen LogP contribution in [0.25, 0.3) is 6.08 Å². The number of fused-ring (bicyclic) bond motifs is 1. The molecule has 0 aromatic heterocycles. The van der Waals surface area contributed by atoms with Crippen molar-refractivity contribution in [1.29, 1.82) is 0 Å². The van der Waals surface area contributed by atoms with Gasteiger partial charge in [0.2, 0.25) is 0 Å². The number of aliphatic hydroxyl groups is 1. The molecule has 1 heteroatoms. The van der Waals surface area contributed by atoms with Gasteiger partial charge in [0.05, 0.1) is 6.10 Å². The lowest BCUT2D eigenvalue weighted by molar-refractivity contribution is 0.138. The molecule has 0 unspecified atom stereocenters. The summed E-state index contributed by atoms with van der Waals surface area (Å²) in [5.74, 6) is 0.231. The van der Waals surface area contributed by atoms with Crippen LogP contribution in [0.2, 0.25) is 0 Å². The first kappa shape index (κ1) is 8.52. The Balaban J connectivity index is 2.58. The maximum Gasteiger partial charge on any atom is 0.0855 e. The lowest BCUT2D eigenvalue weighted by Crippen LogP contribution is -2.12. The molecule has 1 aliphatic rings. The van der Waals surface area contributed by atoms with Gasteiger partial charge < -0.3 is 5.11 Å². The van der Waals surface area contributed by atoms with E-state index in [1.165, 1.54) is 11.1 Å². The molecule has 13 heavy (non-hydrogen) atoms. The SMILES string of the molecule is Cc1cccc2c1C=C[C@@H](C)[C@H]2O. The van der Waals surface area contributed by atoms with Crippen LogP contribution in [0.15, 0.2) is 24.3 Å². The summed E-state index contributed by atoms with van der Waals surface area (Å²) in [7, 11) is 0. The minimum atomic E-state index is -0.333. The fraction of sp³-hybridized carbons (Fsp3) is 0.333. The largest absolute Gasteiger partial charge is 0.388 e. The van der Waals surface area contributed by atoms with E-state index in [2.05, 4.69) is 25.1 Å². The van der Waals surface area contributed by atoms with Crippen LogP contribution in [-0.2, 0) is 0 Å². The second-order valence-corrected chi connectivity index (χ2v) is 3.74. The summed E-state index contributed by atoms with van der Waals surface area (Å²) in [6.45, 7) is 4.11. The number of aryl methyl sites for hydroxylation is 1. The number of hydrogen-bond donors (Lipinski definition) is 1. The summed E-state index contributed by atoms with van der Waals surface area (Å²) in [5, 5.41) is 9.90. The van der Waals surface area contributed by atoms with Gasteiger partial charge in [0.1, 0.15) is 0 Å². The van der Waals surface area contributed by atoms with Gasteiger partial charge in [0.25, 0.3) is 0 Å². The predicted molar refractivity (Wildman–Crippen MR) is 54.3 cm³/mol. The molecular formula is C12H14O. The van der Waals surface area contributed by atoms with Crippen LogP contribution in [0.3, 0.4) is 0 Å². The summed E-state index contributed by atoms with van der Waals surface area (Å²) in [5.41, 5.74) is 3.49. The number of aliphatic hydroxyl groups excluding tert-OH is 1. The second kappa shape index (κ2) is 3.00. The summed E-state index contributed by atoms with van der Waals surface area (Å²) in [6.07, 6.45) is 3.85. The van der Waals surface area contributed by atoms with Crippen LogP contribution in [-0.4, -0.2) is 5.11 Å². The summed E-state index contributed by atoms with van der Waals surface area (Å²) in [4.78, 5) is 0. The zero-order valence-corrected chi connectivity index (χ0v) is 7.99. The van der Waals surface area contributed by atoms with E-state index in [-0.39, 0.29) is 12.0 Å². The Bertz CT molecular complexity index is 352. The quantitative estimate of drug-likeness (QED) is 0.641. The lowest BCUT2D eigenvalue weighted by atomic mass is 9.86. The first-order valence-corrected chi connectivity index (χ1v) is 4.66. The summed E-state index contributed by atoms with van der Waals surface area (Å²) < 4.78 is 0. The molecule has 2 rings (SSSR count). The number of rotatable bonds is 0. The molecule has 1 aromatic carbocycles. The van der Waals surface area contributed by atoms with Crippen molar-refractivity contribution in [3.05, 3.63) is 41.0 Å². The van der Waals surface area contributed by atoms with Gasteiger partial charge in [-0.05, 0) is 23.6 Å². The third-order valence-corrected chi connectivity index (χ3v) is 2.74. The molecule has 0 amide bonds. The van der Waals surface area contributed by atoms with Crippen LogP contribution in [0, 0.1) is 12.8 Å². The van der Waals surface area contributed by atoms with Crippen LogP contribution in [0.5, 0.6) is 0 Å². The van der Waals surface area contributed by atoms with Gasteiger partial charge in [-0.25, -0.2) is 0 Å². The van der Waals surface area contributed by atoms with Crippen molar-refractivity contribution < 1.29 is 5.11 Å². The minimum absolute atomic E-state index is 0.231. The Morgan fingerprint density at radius 3 is 2.85 bits per heavy atom. The van der Waals surface area contributed by atoms with Crippen LogP contribution >= 0.6 is 0 Å².